The van der Waals surface area contributed by atoms with Crippen molar-refractivity contribution in [3.05, 3.63) is 53.7 Å². The van der Waals surface area contributed by atoms with Crippen LogP contribution in [0.2, 0.25) is 0 Å². The van der Waals surface area contributed by atoms with E-state index in [0.29, 0.717) is 17.3 Å². The first-order chi connectivity index (χ1) is 14.5. The summed E-state index contributed by atoms with van der Waals surface area (Å²) in [4.78, 5) is 13.1. The van der Waals surface area contributed by atoms with Gasteiger partial charge in [0.2, 0.25) is 15.9 Å². The third-order valence-corrected chi connectivity index (χ3v) is 6.46. The van der Waals surface area contributed by atoms with Crippen molar-refractivity contribution in [1.29, 1.82) is 0 Å². The fraction of sp³-hybridized carbons (Fsp3) is 0.333. The van der Waals surface area contributed by atoms with Crippen molar-refractivity contribution in [2.45, 2.75) is 43.5 Å². The number of rotatable bonds is 5. The predicted octanol–water partition coefficient (Wildman–Crippen LogP) is 3.68. The second-order valence-corrected chi connectivity index (χ2v) is 9.55. The SMILES string of the molecule is Cc1cccc2c(C(=O)Nc3cccc(S(N)(=O)=O)c3)n(CC3CCC(F)(F)C3)nc12. The van der Waals surface area contributed by atoms with Crippen LogP contribution < -0.4 is 10.5 Å². The van der Waals surface area contributed by atoms with Gasteiger partial charge in [-0.2, -0.15) is 5.10 Å². The first-order valence-corrected chi connectivity index (χ1v) is 11.4. The average Bonchev–Trinajstić information content (AvgIpc) is 3.21. The van der Waals surface area contributed by atoms with Crippen molar-refractivity contribution in [3.63, 3.8) is 0 Å². The lowest BCUT2D eigenvalue weighted by atomic mass is 10.1. The molecule has 3 N–H and O–H groups in total. The van der Waals surface area contributed by atoms with Crippen LogP contribution in [-0.2, 0) is 16.6 Å². The number of sulfonamides is 1. The summed E-state index contributed by atoms with van der Waals surface area (Å²) in [6.45, 7) is 2.06. The van der Waals surface area contributed by atoms with Crippen molar-refractivity contribution in [3.8, 4) is 0 Å². The topological polar surface area (TPSA) is 107 Å². The lowest BCUT2D eigenvalue weighted by Gasteiger charge is -2.14. The molecule has 0 bridgehead atoms. The lowest BCUT2D eigenvalue weighted by Crippen LogP contribution is -2.21. The fourth-order valence-electron chi connectivity index (χ4n) is 4.05. The quantitative estimate of drug-likeness (QED) is 0.621. The van der Waals surface area contributed by atoms with E-state index in [-0.39, 0.29) is 41.6 Å². The number of aromatic nitrogens is 2. The molecule has 1 heterocycles. The Hall–Kier alpha value is -2.85. The minimum atomic E-state index is -3.93. The summed E-state index contributed by atoms with van der Waals surface area (Å²) in [5.41, 5.74) is 1.97. The molecule has 1 saturated carbocycles. The Balaban J connectivity index is 1.70. The van der Waals surface area contributed by atoms with E-state index in [1.807, 2.05) is 13.0 Å². The van der Waals surface area contributed by atoms with Crippen molar-refractivity contribution in [2.75, 3.05) is 5.32 Å². The number of nitrogens with zero attached hydrogens (tertiary/aromatic N) is 2. The van der Waals surface area contributed by atoms with E-state index in [9.17, 15) is 22.0 Å². The first kappa shape index (κ1) is 21.4. The summed E-state index contributed by atoms with van der Waals surface area (Å²) in [5, 5.41) is 13.0. The fourth-order valence-corrected chi connectivity index (χ4v) is 4.61. The molecular formula is C21H22F2N4O3S. The molecule has 164 valence electrons. The highest BCUT2D eigenvalue weighted by atomic mass is 32.2. The summed E-state index contributed by atoms with van der Waals surface area (Å²) >= 11 is 0. The van der Waals surface area contributed by atoms with Gasteiger partial charge < -0.3 is 5.32 Å². The van der Waals surface area contributed by atoms with Crippen LogP contribution in [0.15, 0.2) is 47.4 Å². The van der Waals surface area contributed by atoms with Gasteiger partial charge in [0.1, 0.15) is 5.69 Å². The number of aryl methyl sites for hydroxylation is 1. The molecule has 1 fully saturated rings. The molecule has 31 heavy (non-hydrogen) atoms. The first-order valence-electron chi connectivity index (χ1n) is 9.82. The van der Waals surface area contributed by atoms with Crippen molar-refractivity contribution >= 4 is 32.5 Å². The molecule has 0 radical (unpaired) electrons. The van der Waals surface area contributed by atoms with Gasteiger partial charge in [-0.05, 0) is 43.0 Å². The maximum Gasteiger partial charge on any atom is 0.274 e. The molecule has 1 aliphatic rings. The average molecular weight is 448 g/mol. The number of alkyl halides is 2. The highest BCUT2D eigenvalue weighted by Gasteiger charge is 2.40. The smallest absolute Gasteiger partial charge is 0.274 e. The Morgan fingerprint density at radius 3 is 2.71 bits per heavy atom. The number of anilines is 1. The number of hydrogen-bond donors (Lipinski definition) is 2. The number of nitrogens with one attached hydrogen (secondary N) is 1. The number of carbonyl (C=O) groups excluding carboxylic acids is 1. The second kappa shape index (κ2) is 7.69. The Labute approximate surface area is 178 Å². The molecule has 1 atom stereocenters. The number of carbonyl (C=O) groups is 1. The Morgan fingerprint density at radius 1 is 1.29 bits per heavy atom. The summed E-state index contributed by atoms with van der Waals surface area (Å²) in [6, 6.07) is 11.0. The van der Waals surface area contributed by atoms with Crippen LogP contribution in [0.3, 0.4) is 0 Å². The van der Waals surface area contributed by atoms with E-state index in [4.69, 9.17) is 5.14 Å². The molecule has 1 aliphatic carbocycles. The van der Waals surface area contributed by atoms with Crippen molar-refractivity contribution in [2.24, 2.45) is 11.1 Å². The molecule has 7 nitrogen and oxygen atoms in total. The maximum atomic E-state index is 13.7. The molecule has 0 saturated heterocycles. The minimum absolute atomic E-state index is 0.132. The molecule has 10 heteroatoms. The van der Waals surface area contributed by atoms with Gasteiger partial charge in [0.15, 0.2) is 0 Å². The standard InChI is InChI=1S/C21H22F2N4O3S/c1-13-4-2-7-17-18(13)26-27(12-14-8-9-21(22,23)11-14)19(17)20(28)25-15-5-3-6-16(10-15)31(24,29)30/h2-7,10,14H,8-9,11-12H2,1H3,(H,25,28)(H2,24,29,30). The molecule has 4 rings (SSSR count). The highest BCUT2D eigenvalue weighted by molar-refractivity contribution is 7.89. The van der Waals surface area contributed by atoms with E-state index in [1.54, 1.807) is 12.1 Å². The van der Waals surface area contributed by atoms with Gasteiger partial charge in [-0.3, -0.25) is 9.48 Å². The van der Waals surface area contributed by atoms with E-state index in [0.717, 1.165) is 5.56 Å². The molecule has 0 aliphatic heterocycles. The molecule has 1 aromatic heterocycles. The number of fused-ring (bicyclic) bond motifs is 1. The monoisotopic (exact) mass is 448 g/mol. The van der Waals surface area contributed by atoms with Crippen LogP contribution in [0.1, 0.15) is 35.3 Å². The third-order valence-electron chi connectivity index (χ3n) is 5.54. The van der Waals surface area contributed by atoms with Crippen molar-refractivity contribution in [1.82, 2.24) is 9.78 Å². The van der Waals surface area contributed by atoms with Crippen LogP contribution in [-0.4, -0.2) is 30.0 Å². The van der Waals surface area contributed by atoms with Crippen LogP contribution in [0, 0.1) is 12.8 Å². The number of primary sulfonamides is 1. The van der Waals surface area contributed by atoms with Gasteiger partial charge in [0.25, 0.3) is 5.91 Å². The summed E-state index contributed by atoms with van der Waals surface area (Å²) in [6.07, 6.45) is -0.0430. The Morgan fingerprint density at radius 2 is 2.03 bits per heavy atom. The summed E-state index contributed by atoms with van der Waals surface area (Å²) < 4.78 is 52.0. The number of amides is 1. The number of hydrogen-bond acceptors (Lipinski definition) is 4. The van der Waals surface area contributed by atoms with Crippen LogP contribution in [0.25, 0.3) is 10.9 Å². The molecule has 1 amide bonds. The molecule has 1 unspecified atom stereocenters. The van der Waals surface area contributed by atoms with Gasteiger partial charge in [-0.1, -0.05) is 24.3 Å². The maximum absolute atomic E-state index is 13.7. The molecule has 0 spiro atoms. The van der Waals surface area contributed by atoms with Gasteiger partial charge in [-0.25, -0.2) is 22.3 Å². The minimum Gasteiger partial charge on any atom is -0.321 e. The Kier molecular flexibility index (Phi) is 5.30. The van der Waals surface area contributed by atoms with Gasteiger partial charge >= 0.3 is 0 Å². The summed E-state index contributed by atoms with van der Waals surface area (Å²) in [5.74, 6) is -3.49. The molecule has 3 aromatic rings. The van der Waals surface area contributed by atoms with Crippen LogP contribution in [0.5, 0.6) is 0 Å². The van der Waals surface area contributed by atoms with E-state index in [1.165, 1.54) is 28.9 Å². The largest absolute Gasteiger partial charge is 0.321 e. The van der Waals surface area contributed by atoms with Crippen molar-refractivity contribution < 1.29 is 22.0 Å². The van der Waals surface area contributed by atoms with Crippen LogP contribution in [0.4, 0.5) is 14.5 Å². The van der Waals surface area contributed by atoms with Crippen LogP contribution >= 0.6 is 0 Å². The zero-order valence-corrected chi connectivity index (χ0v) is 17.6. The zero-order chi connectivity index (χ0) is 22.4. The third kappa shape index (κ3) is 4.45. The zero-order valence-electron chi connectivity index (χ0n) is 16.8. The lowest BCUT2D eigenvalue weighted by molar-refractivity contribution is 0.00422. The van der Waals surface area contributed by atoms with E-state index < -0.39 is 21.9 Å². The van der Waals surface area contributed by atoms with E-state index >= 15 is 0 Å². The molecular weight excluding hydrogens is 426 g/mol. The number of benzene rings is 2. The van der Waals surface area contributed by atoms with Gasteiger partial charge in [0, 0.05) is 30.5 Å². The number of nitrogens with two attached hydrogens (primary N) is 1. The van der Waals surface area contributed by atoms with E-state index in [2.05, 4.69) is 10.4 Å². The highest BCUT2D eigenvalue weighted by Crippen LogP contribution is 2.40. The van der Waals surface area contributed by atoms with Gasteiger partial charge in [0.05, 0.1) is 10.4 Å². The Bertz CT molecular complexity index is 1270. The predicted molar refractivity (Wildman–Crippen MR) is 113 cm³/mol. The van der Waals surface area contributed by atoms with Gasteiger partial charge in [-0.15, -0.1) is 0 Å². The molecule has 2 aromatic carbocycles. The number of halogens is 2. The normalized spacial score (nSPS) is 18.4. The second-order valence-electron chi connectivity index (χ2n) is 7.99. The summed E-state index contributed by atoms with van der Waals surface area (Å²) in [7, 11) is -3.93.